The van der Waals surface area contributed by atoms with Crippen LogP contribution in [0.25, 0.3) is 0 Å². The monoisotopic (exact) mass is 421 g/mol. The van der Waals surface area contributed by atoms with Gasteiger partial charge < -0.3 is 15.1 Å². The molecule has 0 saturated carbocycles. The summed E-state index contributed by atoms with van der Waals surface area (Å²) in [5, 5.41) is 3.99. The summed E-state index contributed by atoms with van der Waals surface area (Å²) in [7, 11) is 0. The molecular weight excluding hydrogens is 394 g/mol. The van der Waals surface area contributed by atoms with Crippen molar-refractivity contribution in [2.75, 3.05) is 36.4 Å². The summed E-state index contributed by atoms with van der Waals surface area (Å²) in [5.41, 5.74) is 5.64. The summed E-state index contributed by atoms with van der Waals surface area (Å²) in [6.45, 7) is 9.04. The molecule has 0 bridgehead atoms. The van der Waals surface area contributed by atoms with E-state index in [1.54, 1.807) is 0 Å². The Morgan fingerprint density at radius 3 is 2.50 bits per heavy atom. The number of hydrogen-bond donors (Lipinski definition) is 1. The maximum Gasteiger partial charge on any atom is 0.321 e. The van der Waals surface area contributed by atoms with Gasteiger partial charge in [0.25, 0.3) is 0 Å². The Labute approximate surface area is 181 Å². The zero-order chi connectivity index (χ0) is 21.1. The van der Waals surface area contributed by atoms with Gasteiger partial charge in [0, 0.05) is 49.8 Å². The van der Waals surface area contributed by atoms with Crippen LogP contribution in [0.3, 0.4) is 0 Å². The molecule has 1 fully saturated rings. The van der Waals surface area contributed by atoms with Gasteiger partial charge in [0.2, 0.25) is 5.13 Å². The number of carbonyl (C=O) groups is 1. The highest BCUT2D eigenvalue weighted by Crippen LogP contribution is 2.22. The Morgan fingerprint density at radius 1 is 1.03 bits per heavy atom. The second-order valence-electron chi connectivity index (χ2n) is 7.81. The van der Waals surface area contributed by atoms with Gasteiger partial charge in [-0.25, -0.2) is 9.78 Å². The number of amides is 2. The third kappa shape index (κ3) is 4.62. The van der Waals surface area contributed by atoms with Crippen LogP contribution in [0.15, 0.2) is 42.5 Å². The van der Waals surface area contributed by atoms with Gasteiger partial charge >= 0.3 is 6.03 Å². The van der Waals surface area contributed by atoms with Crippen molar-refractivity contribution in [1.29, 1.82) is 0 Å². The van der Waals surface area contributed by atoms with Crippen LogP contribution in [0.2, 0.25) is 0 Å². The molecule has 1 N–H and O–H groups in total. The second-order valence-corrected chi connectivity index (χ2v) is 8.54. The lowest BCUT2D eigenvalue weighted by Crippen LogP contribution is -2.50. The summed E-state index contributed by atoms with van der Waals surface area (Å²) < 4.78 is 4.53. The second kappa shape index (κ2) is 8.83. The highest BCUT2D eigenvalue weighted by Gasteiger charge is 2.23. The molecule has 0 aliphatic carbocycles. The molecule has 1 saturated heterocycles. The van der Waals surface area contributed by atoms with Crippen molar-refractivity contribution in [1.82, 2.24) is 14.3 Å². The van der Waals surface area contributed by atoms with E-state index < -0.39 is 0 Å². The number of aryl methyl sites for hydroxylation is 2. The van der Waals surface area contributed by atoms with Crippen LogP contribution in [0, 0.1) is 20.8 Å². The van der Waals surface area contributed by atoms with Crippen molar-refractivity contribution in [2.24, 2.45) is 0 Å². The van der Waals surface area contributed by atoms with Crippen LogP contribution in [0.5, 0.6) is 0 Å². The lowest BCUT2D eigenvalue weighted by Gasteiger charge is -2.34. The minimum Gasteiger partial charge on any atom is -0.343 e. The Balaban J connectivity index is 1.32. The molecule has 30 heavy (non-hydrogen) atoms. The number of aromatic nitrogens is 2. The molecular formula is C23H27N5OS. The first-order valence-electron chi connectivity index (χ1n) is 10.2. The summed E-state index contributed by atoms with van der Waals surface area (Å²) in [4.78, 5) is 21.5. The average molecular weight is 422 g/mol. The third-order valence-electron chi connectivity index (χ3n) is 5.62. The van der Waals surface area contributed by atoms with E-state index in [2.05, 4.69) is 58.8 Å². The summed E-state index contributed by atoms with van der Waals surface area (Å²) in [6, 6.07) is 14.4. The van der Waals surface area contributed by atoms with Gasteiger partial charge in [-0.1, -0.05) is 42.0 Å². The van der Waals surface area contributed by atoms with Gasteiger partial charge in [0.05, 0.1) is 0 Å². The number of urea groups is 1. The number of nitrogens with zero attached hydrogens (tertiary/aromatic N) is 4. The Kier molecular flexibility index (Phi) is 5.99. The van der Waals surface area contributed by atoms with Crippen LogP contribution in [0.1, 0.15) is 28.1 Å². The van der Waals surface area contributed by atoms with E-state index >= 15 is 0 Å². The molecule has 0 spiro atoms. The number of piperazine rings is 1. The molecule has 2 amide bonds. The molecule has 3 aromatic rings. The van der Waals surface area contributed by atoms with Crippen molar-refractivity contribution in [3.8, 4) is 0 Å². The number of hydrogen-bond acceptors (Lipinski definition) is 5. The smallest absolute Gasteiger partial charge is 0.321 e. The van der Waals surface area contributed by atoms with Crippen LogP contribution >= 0.6 is 11.5 Å². The van der Waals surface area contributed by atoms with Crippen LogP contribution < -0.4 is 10.2 Å². The van der Waals surface area contributed by atoms with Crippen molar-refractivity contribution < 1.29 is 4.79 Å². The molecule has 6 nitrogen and oxygen atoms in total. The Morgan fingerprint density at radius 2 is 1.77 bits per heavy atom. The molecule has 4 rings (SSSR count). The summed E-state index contributed by atoms with van der Waals surface area (Å²) in [5.74, 6) is 0.856. The van der Waals surface area contributed by atoms with Crippen molar-refractivity contribution in [3.63, 3.8) is 0 Å². The number of rotatable bonds is 4. The molecule has 0 radical (unpaired) electrons. The number of carbonyl (C=O) groups excluding carboxylic acids is 1. The predicted octanol–water partition coefficient (Wildman–Crippen LogP) is 4.41. The fourth-order valence-electron chi connectivity index (χ4n) is 3.52. The van der Waals surface area contributed by atoms with Gasteiger partial charge in [0.1, 0.15) is 5.82 Å². The predicted molar refractivity (Wildman–Crippen MR) is 123 cm³/mol. The molecule has 2 heterocycles. The van der Waals surface area contributed by atoms with Gasteiger partial charge in [-0.05, 0) is 43.5 Å². The SMILES string of the molecule is Cc1ccc(Cc2nsc(N3CCN(C(=O)Nc4cccc(C)c4C)CC3)n2)cc1. The van der Waals surface area contributed by atoms with Crippen molar-refractivity contribution in [3.05, 3.63) is 70.5 Å². The van der Waals surface area contributed by atoms with E-state index in [0.29, 0.717) is 13.1 Å². The first kappa shape index (κ1) is 20.3. The van der Waals surface area contributed by atoms with Gasteiger partial charge in [-0.15, -0.1) is 0 Å². The minimum absolute atomic E-state index is 0.0410. The van der Waals surface area contributed by atoms with E-state index in [1.807, 2.05) is 24.0 Å². The van der Waals surface area contributed by atoms with Crippen LogP contribution in [-0.4, -0.2) is 46.5 Å². The molecule has 156 valence electrons. The van der Waals surface area contributed by atoms with Gasteiger partial charge in [0.15, 0.2) is 0 Å². The van der Waals surface area contributed by atoms with E-state index in [1.165, 1.54) is 28.2 Å². The highest BCUT2D eigenvalue weighted by atomic mass is 32.1. The van der Waals surface area contributed by atoms with E-state index in [-0.39, 0.29) is 6.03 Å². The van der Waals surface area contributed by atoms with E-state index in [9.17, 15) is 4.79 Å². The lowest BCUT2D eigenvalue weighted by atomic mass is 10.1. The quantitative estimate of drug-likeness (QED) is 0.678. The number of anilines is 2. The van der Waals surface area contributed by atoms with Gasteiger partial charge in [-0.3, -0.25) is 0 Å². The first-order chi connectivity index (χ1) is 14.5. The fourth-order valence-corrected chi connectivity index (χ4v) is 4.25. The summed E-state index contributed by atoms with van der Waals surface area (Å²) >= 11 is 1.44. The average Bonchev–Trinajstić information content (AvgIpc) is 3.22. The van der Waals surface area contributed by atoms with Crippen LogP contribution in [-0.2, 0) is 6.42 Å². The van der Waals surface area contributed by atoms with Crippen molar-refractivity contribution >= 4 is 28.4 Å². The molecule has 7 heteroatoms. The number of nitrogens with one attached hydrogen (secondary N) is 1. The molecule has 1 aliphatic rings. The zero-order valence-electron chi connectivity index (χ0n) is 17.7. The molecule has 1 aliphatic heterocycles. The van der Waals surface area contributed by atoms with E-state index in [0.717, 1.165) is 41.7 Å². The maximum absolute atomic E-state index is 12.7. The Bertz CT molecular complexity index is 1020. The Hall–Kier alpha value is -2.93. The normalized spacial score (nSPS) is 14.1. The lowest BCUT2D eigenvalue weighted by molar-refractivity contribution is 0.208. The summed E-state index contributed by atoms with van der Waals surface area (Å²) in [6.07, 6.45) is 0.745. The van der Waals surface area contributed by atoms with Gasteiger partial charge in [-0.2, -0.15) is 4.37 Å². The number of benzene rings is 2. The molecule has 0 unspecified atom stereocenters. The maximum atomic E-state index is 12.7. The third-order valence-corrected chi connectivity index (χ3v) is 6.44. The topological polar surface area (TPSA) is 61.4 Å². The van der Waals surface area contributed by atoms with E-state index in [4.69, 9.17) is 4.98 Å². The molecule has 1 aromatic heterocycles. The molecule has 0 atom stereocenters. The van der Waals surface area contributed by atoms with Crippen molar-refractivity contribution in [2.45, 2.75) is 27.2 Å². The minimum atomic E-state index is -0.0410. The first-order valence-corrected chi connectivity index (χ1v) is 11.0. The standard InChI is InChI=1S/C23H27N5OS/c1-16-7-9-19(10-8-16)15-21-25-23(30-26-21)28-13-11-27(12-14-28)22(29)24-20-6-4-5-17(2)18(20)3/h4-10H,11-15H2,1-3H3,(H,24,29). The highest BCUT2D eigenvalue weighted by molar-refractivity contribution is 7.09. The fraction of sp³-hybridized carbons (Fsp3) is 0.348. The largest absolute Gasteiger partial charge is 0.343 e. The molecule has 2 aromatic carbocycles. The zero-order valence-corrected chi connectivity index (χ0v) is 18.5. The van der Waals surface area contributed by atoms with Crippen LogP contribution in [0.4, 0.5) is 15.6 Å².